The molecule has 0 saturated carbocycles. The van der Waals surface area contributed by atoms with Gasteiger partial charge in [-0.25, -0.2) is 9.78 Å². The predicted molar refractivity (Wildman–Crippen MR) is 119 cm³/mol. The summed E-state index contributed by atoms with van der Waals surface area (Å²) in [6.45, 7) is 5.97. The van der Waals surface area contributed by atoms with E-state index in [2.05, 4.69) is 14.8 Å². The average molecular weight is 451 g/mol. The van der Waals surface area contributed by atoms with Gasteiger partial charge in [0.25, 0.3) is 0 Å². The van der Waals surface area contributed by atoms with Crippen LogP contribution in [0.25, 0.3) is 0 Å². The lowest BCUT2D eigenvalue weighted by Gasteiger charge is -2.41. The van der Waals surface area contributed by atoms with Crippen molar-refractivity contribution in [2.75, 3.05) is 49.2 Å². The van der Waals surface area contributed by atoms with E-state index in [1.165, 1.54) is 4.90 Å². The number of ether oxygens (including phenoxy) is 1. The minimum atomic E-state index is -1.02. The van der Waals surface area contributed by atoms with Crippen LogP contribution in [0, 0.1) is 5.41 Å². The molecule has 3 aliphatic rings. The van der Waals surface area contributed by atoms with Crippen LogP contribution in [0.1, 0.15) is 45.4 Å². The number of pyridine rings is 1. The van der Waals surface area contributed by atoms with Gasteiger partial charge < -0.3 is 19.6 Å². The highest BCUT2D eigenvalue weighted by Gasteiger charge is 2.50. The maximum absolute atomic E-state index is 13.5. The zero-order valence-corrected chi connectivity index (χ0v) is 18.8. The van der Waals surface area contributed by atoms with Gasteiger partial charge in [0, 0.05) is 45.4 Å². The van der Waals surface area contributed by atoms with Crippen molar-refractivity contribution in [1.29, 1.82) is 0 Å². The van der Waals surface area contributed by atoms with Gasteiger partial charge in [-0.15, -0.1) is 0 Å². The zero-order valence-electron chi connectivity index (χ0n) is 18.1. The van der Waals surface area contributed by atoms with E-state index in [-0.39, 0.29) is 17.4 Å². The molecule has 3 saturated heterocycles. The van der Waals surface area contributed by atoms with Crippen LogP contribution in [0.4, 0.5) is 16.3 Å². The first-order valence-electron chi connectivity index (χ1n) is 11.2. The fraction of sp³-hybridized carbons (Fsp3) is 0.682. The molecule has 0 bridgehead atoms. The first-order valence-corrected chi connectivity index (χ1v) is 11.6. The third kappa shape index (κ3) is 4.32. The Kier molecular flexibility index (Phi) is 6.57. The van der Waals surface area contributed by atoms with Crippen LogP contribution in [-0.2, 0) is 9.53 Å². The number of anilines is 2. The number of rotatable bonds is 5. The van der Waals surface area contributed by atoms with E-state index in [0.29, 0.717) is 36.0 Å². The molecule has 0 aromatic carbocycles. The standard InChI is InChI=1S/C22H31ClN4O4/c1-2-8-27(21(29)30)17-13-18(23)19(24-14-17)25-9-3-6-22(15-25)7-10-26(20(22)28)16-4-11-31-12-5-16/h13-14,16H,2-12,15H2,1H3,(H,29,30)/t22-/m0/s1. The molecule has 4 heterocycles. The van der Waals surface area contributed by atoms with E-state index >= 15 is 0 Å². The molecule has 3 aliphatic heterocycles. The summed E-state index contributed by atoms with van der Waals surface area (Å²) in [7, 11) is 0. The van der Waals surface area contributed by atoms with Crippen LogP contribution in [0.3, 0.4) is 0 Å². The first-order chi connectivity index (χ1) is 14.9. The maximum Gasteiger partial charge on any atom is 0.411 e. The number of aromatic nitrogens is 1. The van der Waals surface area contributed by atoms with Crippen molar-refractivity contribution in [2.24, 2.45) is 5.41 Å². The Morgan fingerprint density at radius 1 is 1.35 bits per heavy atom. The maximum atomic E-state index is 13.5. The highest BCUT2D eigenvalue weighted by atomic mass is 35.5. The van der Waals surface area contributed by atoms with E-state index in [1.807, 2.05) is 6.92 Å². The van der Waals surface area contributed by atoms with Gasteiger partial charge >= 0.3 is 6.09 Å². The van der Waals surface area contributed by atoms with Gasteiger partial charge in [-0.3, -0.25) is 9.69 Å². The van der Waals surface area contributed by atoms with E-state index in [4.69, 9.17) is 16.3 Å². The molecule has 31 heavy (non-hydrogen) atoms. The van der Waals surface area contributed by atoms with E-state index in [1.54, 1.807) is 12.3 Å². The molecule has 0 unspecified atom stereocenters. The van der Waals surface area contributed by atoms with Crippen molar-refractivity contribution in [3.05, 3.63) is 17.3 Å². The van der Waals surface area contributed by atoms with Gasteiger partial charge in [-0.1, -0.05) is 18.5 Å². The summed E-state index contributed by atoms with van der Waals surface area (Å²) in [4.78, 5) is 35.0. The van der Waals surface area contributed by atoms with Gasteiger partial charge in [-0.2, -0.15) is 0 Å². The van der Waals surface area contributed by atoms with Crippen LogP contribution in [0.5, 0.6) is 0 Å². The van der Waals surface area contributed by atoms with Crippen LogP contribution in [-0.4, -0.2) is 72.4 Å². The smallest absolute Gasteiger partial charge is 0.411 e. The van der Waals surface area contributed by atoms with Crippen LogP contribution in [0.15, 0.2) is 12.3 Å². The minimum absolute atomic E-state index is 0.261. The molecule has 3 fully saturated rings. The molecular formula is C22H31ClN4O4. The van der Waals surface area contributed by atoms with E-state index in [0.717, 1.165) is 58.4 Å². The normalized spacial score (nSPS) is 24.8. The topological polar surface area (TPSA) is 86.2 Å². The summed E-state index contributed by atoms with van der Waals surface area (Å²) >= 11 is 6.56. The Hall–Kier alpha value is -2.06. The second-order valence-electron chi connectivity index (χ2n) is 8.83. The van der Waals surface area contributed by atoms with Crippen LogP contribution >= 0.6 is 11.6 Å². The molecule has 1 aromatic rings. The number of carbonyl (C=O) groups is 2. The number of amides is 2. The van der Waals surface area contributed by atoms with Crippen molar-refractivity contribution in [3.63, 3.8) is 0 Å². The lowest BCUT2D eigenvalue weighted by atomic mass is 9.78. The number of halogens is 1. The lowest BCUT2D eigenvalue weighted by Crippen LogP contribution is -2.50. The summed E-state index contributed by atoms with van der Waals surface area (Å²) in [5, 5.41) is 9.88. The summed E-state index contributed by atoms with van der Waals surface area (Å²) in [5.41, 5.74) is 0.0904. The van der Waals surface area contributed by atoms with Gasteiger partial charge in [0.05, 0.1) is 22.3 Å². The van der Waals surface area contributed by atoms with Crippen molar-refractivity contribution in [2.45, 2.75) is 51.5 Å². The Morgan fingerprint density at radius 2 is 2.13 bits per heavy atom. The fourth-order valence-electron chi connectivity index (χ4n) is 5.24. The molecule has 1 spiro atoms. The minimum Gasteiger partial charge on any atom is -0.465 e. The third-order valence-corrected chi connectivity index (χ3v) is 7.13. The number of likely N-dealkylation sites (tertiary alicyclic amines) is 1. The summed E-state index contributed by atoms with van der Waals surface area (Å²) < 4.78 is 5.47. The fourth-order valence-corrected chi connectivity index (χ4v) is 5.52. The number of piperidine rings is 1. The van der Waals surface area contributed by atoms with Crippen LogP contribution < -0.4 is 9.80 Å². The lowest BCUT2D eigenvalue weighted by molar-refractivity contribution is -0.139. The van der Waals surface area contributed by atoms with Crippen molar-refractivity contribution >= 4 is 35.1 Å². The molecule has 170 valence electrons. The average Bonchev–Trinajstić information content (AvgIpc) is 3.07. The Bertz CT molecular complexity index is 832. The second kappa shape index (κ2) is 9.20. The summed E-state index contributed by atoms with van der Waals surface area (Å²) in [5.74, 6) is 0.889. The zero-order chi connectivity index (χ0) is 22.0. The first kappa shape index (κ1) is 22.1. The van der Waals surface area contributed by atoms with Gasteiger partial charge in [-0.05, 0) is 44.6 Å². The van der Waals surface area contributed by atoms with Crippen LogP contribution in [0.2, 0.25) is 5.02 Å². The quantitative estimate of drug-likeness (QED) is 0.737. The van der Waals surface area contributed by atoms with E-state index < -0.39 is 6.09 Å². The summed E-state index contributed by atoms with van der Waals surface area (Å²) in [6.07, 6.45) is 5.73. The molecule has 1 N–H and O–H groups in total. The molecule has 9 heteroatoms. The number of hydrogen-bond donors (Lipinski definition) is 1. The second-order valence-corrected chi connectivity index (χ2v) is 9.24. The molecule has 4 rings (SSSR count). The highest BCUT2D eigenvalue weighted by molar-refractivity contribution is 6.33. The number of carboxylic acid groups (broad SMARTS) is 1. The summed E-state index contributed by atoms with van der Waals surface area (Å²) in [6, 6.07) is 1.96. The van der Waals surface area contributed by atoms with Gasteiger partial charge in [0.2, 0.25) is 5.91 Å². The number of carbonyl (C=O) groups excluding carboxylic acids is 1. The molecule has 0 radical (unpaired) electrons. The van der Waals surface area contributed by atoms with Gasteiger partial charge in [0.1, 0.15) is 5.82 Å². The number of nitrogens with zero attached hydrogens (tertiary/aromatic N) is 4. The Morgan fingerprint density at radius 3 is 2.81 bits per heavy atom. The third-order valence-electron chi connectivity index (χ3n) is 6.85. The monoisotopic (exact) mass is 450 g/mol. The number of hydrogen-bond acceptors (Lipinski definition) is 5. The molecule has 2 amide bonds. The molecular weight excluding hydrogens is 420 g/mol. The van der Waals surface area contributed by atoms with Crippen molar-refractivity contribution in [3.8, 4) is 0 Å². The molecule has 1 aromatic heterocycles. The Balaban J connectivity index is 1.51. The molecule has 8 nitrogen and oxygen atoms in total. The predicted octanol–water partition coefficient (Wildman–Crippen LogP) is 3.63. The largest absolute Gasteiger partial charge is 0.465 e. The molecule has 1 atom stereocenters. The van der Waals surface area contributed by atoms with E-state index in [9.17, 15) is 14.7 Å². The SMILES string of the molecule is CCCN(C(=O)O)c1cnc(N2CCC[C@]3(CCN(C4CCOCC4)C3=O)C2)c(Cl)c1. The molecule has 0 aliphatic carbocycles. The Labute approximate surface area is 188 Å². The van der Waals surface area contributed by atoms with Crippen molar-refractivity contribution in [1.82, 2.24) is 9.88 Å². The van der Waals surface area contributed by atoms with Crippen molar-refractivity contribution < 1.29 is 19.4 Å². The highest BCUT2D eigenvalue weighted by Crippen LogP contribution is 2.43. The van der Waals surface area contributed by atoms with Gasteiger partial charge in [0.15, 0.2) is 0 Å².